The standard InChI is InChI=1S/C24H19N5O4/c1-31-17-7-11(8-18(32-2)22(17)30)19-12(10-25)24(27)33-23-13(26)9-16-21(20(19)23)29-15-6-4-3-5-14(15)28-16/h3-9,19,30H,26-27H2,1-2H3. The zero-order valence-electron chi connectivity index (χ0n) is 17.8. The van der Waals surface area contributed by atoms with E-state index in [1.165, 1.54) is 14.2 Å². The van der Waals surface area contributed by atoms with E-state index in [9.17, 15) is 10.4 Å². The number of para-hydroxylation sites is 2. The van der Waals surface area contributed by atoms with Crippen molar-refractivity contribution in [3.05, 3.63) is 65.0 Å². The normalized spacial score (nSPS) is 15.1. The van der Waals surface area contributed by atoms with E-state index in [2.05, 4.69) is 6.07 Å². The smallest absolute Gasteiger partial charge is 0.205 e. The van der Waals surface area contributed by atoms with Gasteiger partial charge in [0.1, 0.15) is 11.6 Å². The Hall–Kier alpha value is -4.71. The summed E-state index contributed by atoms with van der Waals surface area (Å²) in [4.78, 5) is 9.53. The number of benzene rings is 3. The van der Waals surface area contributed by atoms with Crippen LogP contribution < -0.4 is 25.7 Å². The Bertz CT molecular complexity index is 1500. The minimum atomic E-state index is -0.719. The number of phenols is 1. The van der Waals surface area contributed by atoms with Crippen LogP contribution in [0.1, 0.15) is 17.0 Å². The molecule has 5 N–H and O–H groups in total. The van der Waals surface area contributed by atoms with E-state index in [0.717, 1.165) is 0 Å². The predicted octanol–water partition coefficient (Wildman–Crippen LogP) is 3.31. The fourth-order valence-corrected chi connectivity index (χ4v) is 4.16. The number of hydrogen-bond donors (Lipinski definition) is 3. The van der Waals surface area contributed by atoms with Crippen LogP contribution >= 0.6 is 0 Å². The highest BCUT2D eigenvalue weighted by molar-refractivity contribution is 5.94. The Kier molecular flexibility index (Phi) is 4.57. The minimum Gasteiger partial charge on any atom is -0.502 e. The number of phenolic OH excluding ortho intramolecular Hbond substituents is 1. The Balaban J connectivity index is 1.90. The third-order valence-electron chi connectivity index (χ3n) is 5.66. The molecule has 1 aliphatic rings. The van der Waals surface area contributed by atoms with Gasteiger partial charge in [0.2, 0.25) is 11.6 Å². The van der Waals surface area contributed by atoms with Gasteiger partial charge in [0.05, 0.1) is 47.9 Å². The second kappa shape index (κ2) is 7.46. The largest absolute Gasteiger partial charge is 0.502 e. The number of methoxy groups -OCH3 is 2. The first-order valence-corrected chi connectivity index (χ1v) is 9.98. The number of rotatable bonds is 3. The zero-order chi connectivity index (χ0) is 23.3. The molecule has 0 bridgehead atoms. The van der Waals surface area contributed by atoms with Crippen LogP contribution in [0.25, 0.3) is 22.1 Å². The van der Waals surface area contributed by atoms with Crippen molar-refractivity contribution in [3.63, 3.8) is 0 Å². The first-order chi connectivity index (χ1) is 16.0. The van der Waals surface area contributed by atoms with E-state index in [1.807, 2.05) is 24.3 Å². The van der Waals surface area contributed by atoms with E-state index >= 15 is 0 Å². The highest BCUT2D eigenvalue weighted by atomic mass is 16.5. The van der Waals surface area contributed by atoms with Gasteiger partial charge in [0.15, 0.2) is 17.2 Å². The number of ether oxygens (including phenoxy) is 3. The number of nitriles is 1. The molecule has 33 heavy (non-hydrogen) atoms. The summed E-state index contributed by atoms with van der Waals surface area (Å²) >= 11 is 0. The summed E-state index contributed by atoms with van der Waals surface area (Å²) in [5, 5.41) is 20.4. The molecule has 2 heterocycles. The lowest BCUT2D eigenvalue weighted by Gasteiger charge is -2.28. The number of anilines is 1. The molecule has 0 saturated carbocycles. The summed E-state index contributed by atoms with van der Waals surface area (Å²) in [5.74, 6) is -0.283. The average Bonchev–Trinajstić information content (AvgIpc) is 2.82. The summed E-state index contributed by atoms with van der Waals surface area (Å²) in [6, 6.07) is 14.5. The number of nitrogens with zero attached hydrogens (tertiary/aromatic N) is 3. The van der Waals surface area contributed by atoms with Crippen LogP contribution in [0.5, 0.6) is 23.0 Å². The molecule has 3 aromatic carbocycles. The average molecular weight is 441 g/mol. The number of hydrogen-bond acceptors (Lipinski definition) is 9. The van der Waals surface area contributed by atoms with E-state index in [1.54, 1.807) is 18.2 Å². The SMILES string of the molecule is COc1cc(C2C(C#N)=C(N)Oc3c(N)cc4nc5ccccc5nc4c32)cc(OC)c1O. The molecule has 164 valence electrons. The number of aromatic nitrogens is 2. The predicted molar refractivity (Wildman–Crippen MR) is 122 cm³/mol. The fourth-order valence-electron chi connectivity index (χ4n) is 4.16. The second-order valence-electron chi connectivity index (χ2n) is 7.49. The minimum absolute atomic E-state index is 0.0687. The first-order valence-electron chi connectivity index (χ1n) is 9.98. The third kappa shape index (κ3) is 3.00. The lowest BCUT2D eigenvalue weighted by molar-refractivity contribution is 0.338. The summed E-state index contributed by atoms with van der Waals surface area (Å²) in [7, 11) is 2.85. The van der Waals surface area contributed by atoms with Gasteiger partial charge in [-0.2, -0.15) is 5.26 Å². The fraction of sp³-hybridized carbons (Fsp3) is 0.125. The molecule has 9 heteroatoms. The molecule has 1 atom stereocenters. The molecule has 0 amide bonds. The van der Waals surface area contributed by atoms with Crippen molar-refractivity contribution in [1.82, 2.24) is 9.97 Å². The van der Waals surface area contributed by atoms with Crippen molar-refractivity contribution >= 4 is 27.8 Å². The molecule has 5 rings (SSSR count). The molecule has 1 aromatic heterocycles. The van der Waals surface area contributed by atoms with Crippen LogP contribution in [0.2, 0.25) is 0 Å². The monoisotopic (exact) mass is 441 g/mol. The highest BCUT2D eigenvalue weighted by Crippen LogP contribution is 2.50. The second-order valence-corrected chi connectivity index (χ2v) is 7.49. The Morgan fingerprint density at radius 2 is 1.64 bits per heavy atom. The number of fused-ring (bicyclic) bond motifs is 4. The molecule has 0 saturated heterocycles. The number of nitrogen functional groups attached to an aromatic ring is 1. The maximum atomic E-state index is 10.4. The quantitative estimate of drug-likeness (QED) is 0.321. The molecule has 4 aromatic rings. The Morgan fingerprint density at radius 1 is 1.00 bits per heavy atom. The maximum Gasteiger partial charge on any atom is 0.205 e. The van der Waals surface area contributed by atoms with E-state index in [-0.39, 0.29) is 28.7 Å². The van der Waals surface area contributed by atoms with Crippen LogP contribution in [0.15, 0.2) is 53.9 Å². The maximum absolute atomic E-state index is 10.4. The molecule has 1 unspecified atom stereocenters. The van der Waals surface area contributed by atoms with Gasteiger partial charge in [-0.1, -0.05) is 12.1 Å². The molecular weight excluding hydrogens is 422 g/mol. The Morgan fingerprint density at radius 3 is 2.24 bits per heavy atom. The Labute approximate surface area is 188 Å². The van der Waals surface area contributed by atoms with Crippen molar-refractivity contribution in [1.29, 1.82) is 5.26 Å². The van der Waals surface area contributed by atoms with Gasteiger partial charge in [-0.25, -0.2) is 9.97 Å². The third-order valence-corrected chi connectivity index (χ3v) is 5.66. The lowest BCUT2D eigenvalue weighted by atomic mass is 9.82. The van der Waals surface area contributed by atoms with Crippen LogP contribution in [-0.4, -0.2) is 29.3 Å². The van der Waals surface area contributed by atoms with E-state index in [0.29, 0.717) is 44.6 Å². The van der Waals surface area contributed by atoms with Crippen molar-refractivity contribution < 1.29 is 19.3 Å². The van der Waals surface area contributed by atoms with Crippen LogP contribution in [0.4, 0.5) is 5.69 Å². The van der Waals surface area contributed by atoms with E-state index in [4.69, 9.17) is 35.6 Å². The van der Waals surface area contributed by atoms with Crippen LogP contribution in [0.3, 0.4) is 0 Å². The van der Waals surface area contributed by atoms with Gasteiger partial charge in [-0.05, 0) is 35.9 Å². The summed E-state index contributed by atoms with van der Waals surface area (Å²) < 4.78 is 16.5. The van der Waals surface area contributed by atoms with Crippen molar-refractivity contribution in [2.75, 3.05) is 20.0 Å². The van der Waals surface area contributed by atoms with Crippen molar-refractivity contribution in [2.24, 2.45) is 5.73 Å². The molecule has 1 aliphatic heterocycles. The van der Waals surface area contributed by atoms with Gasteiger partial charge in [0, 0.05) is 5.56 Å². The van der Waals surface area contributed by atoms with Gasteiger partial charge in [0.25, 0.3) is 0 Å². The first kappa shape index (κ1) is 20.2. The van der Waals surface area contributed by atoms with Crippen LogP contribution in [0, 0.1) is 11.3 Å². The van der Waals surface area contributed by atoms with Gasteiger partial charge in [-0.3, -0.25) is 0 Å². The molecule has 9 nitrogen and oxygen atoms in total. The summed E-state index contributed by atoms with van der Waals surface area (Å²) in [6.45, 7) is 0. The van der Waals surface area contributed by atoms with Crippen molar-refractivity contribution in [3.8, 4) is 29.1 Å². The van der Waals surface area contributed by atoms with Crippen molar-refractivity contribution in [2.45, 2.75) is 5.92 Å². The molecule has 0 spiro atoms. The highest BCUT2D eigenvalue weighted by Gasteiger charge is 2.35. The van der Waals surface area contributed by atoms with E-state index < -0.39 is 5.92 Å². The zero-order valence-corrected chi connectivity index (χ0v) is 17.8. The van der Waals surface area contributed by atoms with Gasteiger partial charge >= 0.3 is 0 Å². The topological polar surface area (TPSA) is 150 Å². The lowest BCUT2D eigenvalue weighted by Crippen LogP contribution is -2.22. The number of aromatic hydroxyl groups is 1. The number of nitrogens with two attached hydrogens (primary N) is 2. The molecular formula is C24H19N5O4. The van der Waals surface area contributed by atoms with Gasteiger partial charge < -0.3 is 30.8 Å². The van der Waals surface area contributed by atoms with Gasteiger partial charge in [-0.15, -0.1) is 0 Å². The summed E-state index contributed by atoms with van der Waals surface area (Å²) in [6.07, 6.45) is 0. The number of allylic oxidation sites excluding steroid dienone is 1. The summed E-state index contributed by atoms with van der Waals surface area (Å²) in [5.41, 5.74) is 16.5. The van der Waals surface area contributed by atoms with Crippen LogP contribution in [-0.2, 0) is 0 Å². The molecule has 0 aliphatic carbocycles. The molecule has 0 fully saturated rings. The molecule has 0 radical (unpaired) electrons.